The van der Waals surface area contributed by atoms with Crippen LogP contribution in [0.15, 0.2) is 42.5 Å². The van der Waals surface area contributed by atoms with E-state index in [0.29, 0.717) is 11.1 Å². The number of pyridine rings is 1. The van der Waals surface area contributed by atoms with Crippen LogP contribution in [0.4, 0.5) is 13.2 Å². The lowest BCUT2D eigenvalue weighted by Crippen LogP contribution is -2.42. The van der Waals surface area contributed by atoms with Crippen molar-refractivity contribution in [2.45, 2.75) is 59.0 Å². The van der Waals surface area contributed by atoms with Crippen molar-refractivity contribution in [3.05, 3.63) is 76.0 Å². The molecule has 3 heterocycles. The predicted octanol–water partition coefficient (Wildman–Crippen LogP) is 5.25. The number of nitrogens with zero attached hydrogens (tertiary/aromatic N) is 5. The summed E-state index contributed by atoms with van der Waals surface area (Å²) in [7, 11) is 1.78. The van der Waals surface area contributed by atoms with Gasteiger partial charge in [-0.1, -0.05) is 29.5 Å². The predicted molar refractivity (Wildman–Crippen MR) is 148 cm³/mol. The Hall–Kier alpha value is -4.19. The lowest BCUT2D eigenvalue weighted by atomic mass is 9.69. The number of hydrogen-bond acceptors (Lipinski definition) is 7. The van der Waals surface area contributed by atoms with Crippen molar-refractivity contribution < 1.29 is 32.9 Å². The zero-order valence-electron chi connectivity index (χ0n) is 23.9. The number of fused-ring (bicyclic) bond motifs is 2. The number of carboxylic acid groups (broad SMARTS) is 1. The SMILES string of the molecule is Cc1ccc([C@@H](c2ccc3c(nnn3C)c2C)C(C)(C)C(=O)O)cc1CN1Cc2nc(O)ccc2O[C@@H](C(F)(F)F)C1. The Morgan fingerprint density at radius 3 is 2.57 bits per heavy atom. The fourth-order valence-electron chi connectivity index (χ4n) is 5.64. The molecule has 2 atom stereocenters. The normalized spacial score (nSPS) is 17.0. The summed E-state index contributed by atoms with van der Waals surface area (Å²) < 4.78 is 48.7. The van der Waals surface area contributed by atoms with Crippen LogP contribution in [-0.4, -0.2) is 59.9 Å². The average molecular weight is 584 g/mol. The molecule has 9 nitrogen and oxygen atoms in total. The molecule has 222 valence electrons. The third-order valence-electron chi connectivity index (χ3n) is 8.11. The van der Waals surface area contributed by atoms with E-state index >= 15 is 0 Å². The molecule has 0 amide bonds. The number of aliphatic carboxylic acids is 1. The number of halogens is 3. The molecule has 1 aliphatic rings. The molecule has 0 bridgehead atoms. The zero-order valence-corrected chi connectivity index (χ0v) is 23.9. The van der Waals surface area contributed by atoms with Gasteiger partial charge in [-0.2, -0.15) is 13.2 Å². The first-order valence-electron chi connectivity index (χ1n) is 13.4. The van der Waals surface area contributed by atoms with Crippen molar-refractivity contribution in [1.82, 2.24) is 24.9 Å². The van der Waals surface area contributed by atoms with Crippen molar-refractivity contribution in [2.75, 3.05) is 6.54 Å². The van der Waals surface area contributed by atoms with Gasteiger partial charge >= 0.3 is 12.1 Å². The molecule has 2 aromatic heterocycles. The Balaban J connectivity index is 1.57. The molecule has 12 heteroatoms. The average Bonchev–Trinajstić information content (AvgIpc) is 3.18. The molecule has 2 aromatic carbocycles. The lowest BCUT2D eigenvalue weighted by molar-refractivity contribution is -0.198. The van der Waals surface area contributed by atoms with E-state index in [9.17, 15) is 28.2 Å². The fraction of sp³-hybridized carbons (Fsp3) is 0.400. The molecule has 0 radical (unpaired) electrons. The molecule has 0 saturated heterocycles. The molecule has 1 aliphatic heterocycles. The smallest absolute Gasteiger partial charge is 0.426 e. The second-order valence-corrected chi connectivity index (χ2v) is 11.4. The van der Waals surface area contributed by atoms with Gasteiger partial charge in [0.25, 0.3) is 0 Å². The van der Waals surface area contributed by atoms with Crippen LogP contribution in [0.2, 0.25) is 0 Å². The highest BCUT2D eigenvalue weighted by molar-refractivity contribution is 5.81. The van der Waals surface area contributed by atoms with Gasteiger partial charge in [-0.05, 0) is 67.6 Å². The third kappa shape index (κ3) is 5.38. The number of aromatic hydroxyl groups is 1. The number of hydrogen-bond donors (Lipinski definition) is 2. The van der Waals surface area contributed by atoms with E-state index in [0.717, 1.165) is 27.8 Å². The van der Waals surface area contributed by atoms with Crippen LogP contribution in [0, 0.1) is 19.3 Å². The van der Waals surface area contributed by atoms with E-state index in [1.54, 1.807) is 30.5 Å². The summed E-state index contributed by atoms with van der Waals surface area (Å²) in [5.74, 6) is -1.93. The molecular formula is C30H32F3N5O4. The van der Waals surface area contributed by atoms with Gasteiger partial charge in [-0.25, -0.2) is 9.67 Å². The fourth-order valence-corrected chi connectivity index (χ4v) is 5.64. The Kier molecular flexibility index (Phi) is 7.38. The third-order valence-corrected chi connectivity index (χ3v) is 8.11. The Labute approximate surface area is 240 Å². The first kappa shape index (κ1) is 29.3. The highest BCUT2D eigenvalue weighted by atomic mass is 19.4. The first-order valence-corrected chi connectivity index (χ1v) is 13.4. The van der Waals surface area contributed by atoms with Gasteiger partial charge in [0.1, 0.15) is 17.0 Å². The van der Waals surface area contributed by atoms with Crippen LogP contribution < -0.4 is 4.74 Å². The number of aryl methyl sites for hydroxylation is 3. The lowest BCUT2D eigenvalue weighted by Gasteiger charge is -2.33. The molecule has 4 aromatic rings. The Morgan fingerprint density at radius 2 is 1.88 bits per heavy atom. The number of carboxylic acids is 1. The molecular weight excluding hydrogens is 551 g/mol. The summed E-state index contributed by atoms with van der Waals surface area (Å²) in [6.07, 6.45) is -6.71. The minimum absolute atomic E-state index is 0.0203. The van der Waals surface area contributed by atoms with Crippen molar-refractivity contribution in [3.8, 4) is 11.6 Å². The summed E-state index contributed by atoms with van der Waals surface area (Å²) in [4.78, 5) is 18.2. The van der Waals surface area contributed by atoms with Gasteiger partial charge in [0.15, 0.2) is 0 Å². The number of carbonyl (C=O) groups is 1. The van der Waals surface area contributed by atoms with Crippen LogP contribution in [0.3, 0.4) is 0 Å². The summed E-state index contributed by atoms with van der Waals surface area (Å²) >= 11 is 0. The first-order chi connectivity index (χ1) is 19.7. The monoisotopic (exact) mass is 583 g/mol. The van der Waals surface area contributed by atoms with Crippen molar-refractivity contribution in [2.24, 2.45) is 12.5 Å². The highest BCUT2D eigenvalue weighted by Gasteiger charge is 2.45. The minimum Gasteiger partial charge on any atom is -0.493 e. The molecule has 0 saturated carbocycles. The van der Waals surface area contributed by atoms with Crippen molar-refractivity contribution >= 4 is 17.0 Å². The molecule has 0 spiro atoms. The standard InChI is InChI=1S/C30H32F3N5O4/c1-16-6-7-18(26(29(3,4)28(40)41)20-8-9-22-27(17(20)2)35-36-37(22)5)12-19(16)13-38-14-21-23(10-11-25(39)34-21)42-24(15-38)30(31,32)33/h6-12,24,26H,13-15H2,1-5H3,(H,34,39)(H,40,41)/t24-,26+/m1/s1. The number of alkyl halides is 3. The summed E-state index contributed by atoms with van der Waals surface area (Å²) in [5, 5.41) is 28.6. The van der Waals surface area contributed by atoms with Crippen LogP contribution in [-0.2, 0) is 24.9 Å². The van der Waals surface area contributed by atoms with Crippen LogP contribution >= 0.6 is 0 Å². The van der Waals surface area contributed by atoms with Crippen LogP contribution in [0.1, 0.15) is 53.3 Å². The maximum Gasteiger partial charge on any atom is 0.426 e. The molecule has 0 aliphatic carbocycles. The summed E-state index contributed by atoms with van der Waals surface area (Å²) in [6.45, 7) is 6.77. The quantitative estimate of drug-likeness (QED) is 0.316. The molecule has 2 N–H and O–H groups in total. The maximum atomic E-state index is 13.9. The summed E-state index contributed by atoms with van der Waals surface area (Å²) in [5.41, 5.74) is 4.32. The number of ether oxygens (including phenoxy) is 1. The van der Waals surface area contributed by atoms with Gasteiger partial charge in [0, 0.05) is 38.7 Å². The van der Waals surface area contributed by atoms with Gasteiger partial charge in [-0.15, -0.1) is 5.10 Å². The maximum absolute atomic E-state index is 13.9. The van der Waals surface area contributed by atoms with E-state index < -0.39 is 36.1 Å². The second-order valence-electron chi connectivity index (χ2n) is 11.4. The molecule has 0 fully saturated rings. The molecule has 42 heavy (non-hydrogen) atoms. The van der Waals surface area contributed by atoms with E-state index in [1.807, 2.05) is 44.2 Å². The van der Waals surface area contributed by atoms with Gasteiger partial charge in [0.05, 0.1) is 10.9 Å². The molecule has 0 unspecified atom stereocenters. The number of aromatic nitrogens is 4. The largest absolute Gasteiger partial charge is 0.493 e. The Morgan fingerprint density at radius 1 is 1.14 bits per heavy atom. The number of rotatable bonds is 6. The summed E-state index contributed by atoms with van der Waals surface area (Å²) in [6, 6.07) is 11.8. The van der Waals surface area contributed by atoms with E-state index in [-0.39, 0.29) is 30.4 Å². The van der Waals surface area contributed by atoms with Gasteiger partial charge < -0.3 is 14.9 Å². The second kappa shape index (κ2) is 10.6. The van der Waals surface area contributed by atoms with E-state index in [4.69, 9.17) is 4.74 Å². The van der Waals surface area contributed by atoms with E-state index in [1.165, 1.54) is 12.1 Å². The van der Waals surface area contributed by atoms with Crippen LogP contribution in [0.5, 0.6) is 11.6 Å². The minimum atomic E-state index is -4.62. The Bertz CT molecular complexity index is 1670. The van der Waals surface area contributed by atoms with Crippen molar-refractivity contribution in [1.29, 1.82) is 0 Å². The zero-order chi connectivity index (χ0) is 30.6. The highest BCUT2D eigenvalue weighted by Crippen LogP contribution is 2.44. The van der Waals surface area contributed by atoms with Gasteiger partial charge in [-0.3, -0.25) is 9.69 Å². The molecule has 5 rings (SSSR count). The topological polar surface area (TPSA) is 114 Å². The van der Waals surface area contributed by atoms with E-state index in [2.05, 4.69) is 15.3 Å². The number of benzene rings is 2. The van der Waals surface area contributed by atoms with Crippen LogP contribution in [0.25, 0.3) is 11.0 Å². The van der Waals surface area contributed by atoms with Gasteiger partial charge in [0.2, 0.25) is 12.0 Å². The van der Waals surface area contributed by atoms with Crippen molar-refractivity contribution in [3.63, 3.8) is 0 Å².